The van der Waals surface area contributed by atoms with Crippen LogP contribution in [-0.4, -0.2) is 10.9 Å². The van der Waals surface area contributed by atoms with Crippen molar-refractivity contribution in [1.29, 1.82) is 5.26 Å². The maximum absolute atomic E-state index is 13.3. The van der Waals surface area contributed by atoms with Gasteiger partial charge in [-0.25, -0.2) is 0 Å². The Morgan fingerprint density at radius 3 is 1.72 bits per heavy atom. The normalized spacial score (nSPS) is 10.3. The van der Waals surface area contributed by atoms with Crippen molar-refractivity contribution in [3.8, 4) is 34.1 Å². The molecule has 0 heterocycles. The molecule has 3 nitrogen and oxygen atoms in total. The van der Waals surface area contributed by atoms with E-state index in [0.29, 0.717) is 16.7 Å². The molecule has 0 aliphatic rings. The van der Waals surface area contributed by atoms with E-state index in [1.807, 2.05) is 72.8 Å². The maximum atomic E-state index is 13.3. The number of carbonyl (C=O) groups excluding carboxylic acids is 1. The van der Waals surface area contributed by atoms with E-state index in [-0.39, 0.29) is 22.7 Å². The third kappa shape index (κ3) is 3.40. The van der Waals surface area contributed by atoms with Gasteiger partial charge in [-0.1, -0.05) is 91.0 Å². The first-order valence-electron chi connectivity index (χ1n) is 9.21. The predicted octanol–water partition coefficient (Wildman–Crippen LogP) is 5.83. The summed E-state index contributed by atoms with van der Waals surface area (Å²) in [5.74, 6) is -0.611. The average Bonchev–Trinajstić information content (AvgIpc) is 2.79. The van der Waals surface area contributed by atoms with E-state index in [2.05, 4.69) is 6.07 Å². The lowest BCUT2D eigenvalue weighted by molar-refractivity contribution is 0.103. The minimum absolute atomic E-state index is 0.0927. The molecule has 0 aliphatic carbocycles. The van der Waals surface area contributed by atoms with E-state index in [9.17, 15) is 15.2 Å². The summed E-state index contributed by atoms with van der Waals surface area (Å²) in [6.07, 6.45) is 0. The van der Waals surface area contributed by atoms with Gasteiger partial charge < -0.3 is 5.11 Å². The summed E-state index contributed by atoms with van der Waals surface area (Å²) in [6.45, 7) is 0. The van der Waals surface area contributed by atoms with Gasteiger partial charge in [0.1, 0.15) is 17.4 Å². The third-order valence-corrected chi connectivity index (χ3v) is 4.85. The number of benzene rings is 4. The quantitative estimate of drug-likeness (QED) is 0.457. The number of hydrogen-bond donors (Lipinski definition) is 1. The van der Waals surface area contributed by atoms with Gasteiger partial charge in [-0.3, -0.25) is 4.79 Å². The van der Waals surface area contributed by atoms with Gasteiger partial charge in [0.25, 0.3) is 0 Å². The minimum Gasteiger partial charge on any atom is -0.506 e. The molecular weight excluding hydrogens is 358 g/mol. The van der Waals surface area contributed by atoms with Gasteiger partial charge in [0.15, 0.2) is 5.78 Å². The number of ketones is 1. The van der Waals surface area contributed by atoms with Crippen LogP contribution in [0.2, 0.25) is 0 Å². The topological polar surface area (TPSA) is 61.1 Å². The van der Waals surface area contributed by atoms with Gasteiger partial charge in [0.2, 0.25) is 0 Å². The highest BCUT2D eigenvalue weighted by molar-refractivity contribution is 6.15. The molecule has 29 heavy (non-hydrogen) atoms. The van der Waals surface area contributed by atoms with Crippen molar-refractivity contribution in [2.45, 2.75) is 0 Å². The Bertz CT molecular complexity index is 1210. The molecule has 0 atom stereocenters. The first-order chi connectivity index (χ1) is 14.2. The van der Waals surface area contributed by atoms with E-state index in [1.54, 1.807) is 24.3 Å². The smallest absolute Gasteiger partial charge is 0.197 e. The second-order valence-electron chi connectivity index (χ2n) is 6.61. The molecule has 0 unspecified atom stereocenters. The Morgan fingerprint density at radius 2 is 1.21 bits per heavy atom. The Hall–Kier alpha value is -4.16. The van der Waals surface area contributed by atoms with Crippen molar-refractivity contribution < 1.29 is 9.90 Å². The molecule has 138 valence electrons. The number of rotatable bonds is 4. The second kappa shape index (κ2) is 7.84. The molecule has 0 bridgehead atoms. The van der Waals surface area contributed by atoms with Crippen LogP contribution in [0.4, 0.5) is 0 Å². The van der Waals surface area contributed by atoms with Crippen LogP contribution in [0.3, 0.4) is 0 Å². The molecule has 3 heteroatoms. The lowest BCUT2D eigenvalue weighted by atomic mass is 9.87. The van der Waals surface area contributed by atoms with Gasteiger partial charge in [-0.05, 0) is 22.8 Å². The lowest BCUT2D eigenvalue weighted by Gasteiger charge is -2.16. The van der Waals surface area contributed by atoms with Crippen molar-refractivity contribution in [2.24, 2.45) is 0 Å². The summed E-state index contributed by atoms with van der Waals surface area (Å²) in [7, 11) is 0. The number of aromatic hydroxyl groups is 1. The molecule has 0 saturated carbocycles. The summed E-state index contributed by atoms with van der Waals surface area (Å²) in [5.41, 5.74) is 3.47. The maximum Gasteiger partial charge on any atom is 0.197 e. The predicted molar refractivity (Wildman–Crippen MR) is 114 cm³/mol. The standard InChI is InChI=1S/C26H17NO2/c27-17-23-21(18-10-4-1-5-11-18)16-22(19-12-6-2-7-13-19)24(26(23)29)25(28)20-14-8-3-9-15-20/h1-16,29H. The molecule has 1 N–H and O–H groups in total. The fourth-order valence-electron chi connectivity index (χ4n) is 3.44. The SMILES string of the molecule is N#Cc1c(-c2ccccc2)cc(-c2ccccc2)c(C(=O)c2ccccc2)c1O. The van der Waals surface area contributed by atoms with Crippen molar-refractivity contribution in [1.82, 2.24) is 0 Å². The highest BCUT2D eigenvalue weighted by Crippen LogP contribution is 2.40. The van der Waals surface area contributed by atoms with Gasteiger partial charge in [0, 0.05) is 11.1 Å². The van der Waals surface area contributed by atoms with Gasteiger partial charge in [-0.15, -0.1) is 0 Å². The van der Waals surface area contributed by atoms with E-state index < -0.39 is 0 Å². The Morgan fingerprint density at radius 1 is 0.724 bits per heavy atom. The lowest BCUT2D eigenvalue weighted by Crippen LogP contribution is -2.06. The van der Waals surface area contributed by atoms with Crippen molar-refractivity contribution >= 4 is 5.78 Å². The first-order valence-corrected chi connectivity index (χ1v) is 9.21. The Kier molecular flexibility index (Phi) is 4.92. The molecule has 4 rings (SSSR count). The average molecular weight is 375 g/mol. The van der Waals surface area contributed by atoms with Crippen LogP contribution in [0.15, 0.2) is 97.1 Å². The molecular formula is C26H17NO2. The third-order valence-electron chi connectivity index (χ3n) is 4.85. The largest absolute Gasteiger partial charge is 0.506 e. The second-order valence-corrected chi connectivity index (χ2v) is 6.61. The number of hydrogen-bond acceptors (Lipinski definition) is 3. The van der Waals surface area contributed by atoms with Crippen LogP contribution in [0.25, 0.3) is 22.3 Å². The first kappa shape index (κ1) is 18.2. The summed E-state index contributed by atoms with van der Waals surface area (Å²) in [5, 5.41) is 20.8. The highest BCUT2D eigenvalue weighted by atomic mass is 16.3. The van der Waals surface area contributed by atoms with E-state index in [1.165, 1.54) is 0 Å². The van der Waals surface area contributed by atoms with Crippen molar-refractivity contribution in [3.63, 3.8) is 0 Å². The molecule has 0 amide bonds. The fourth-order valence-corrected chi connectivity index (χ4v) is 3.44. The molecule has 0 aliphatic heterocycles. The van der Waals surface area contributed by atoms with Gasteiger partial charge in [-0.2, -0.15) is 5.26 Å². The molecule has 4 aromatic carbocycles. The minimum atomic E-state index is -0.321. The summed E-state index contributed by atoms with van der Waals surface area (Å²) in [4.78, 5) is 13.3. The van der Waals surface area contributed by atoms with Crippen molar-refractivity contribution in [2.75, 3.05) is 0 Å². The van der Waals surface area contributed by atoms with E-state index in [0.717, 1.165) is 11.1 Å². The van der Waals surface area contributed by atoms with Crippen LogP contribution in [0, 0.1) is 11.3 Å². The zero-order valence-corrected chi connectivity index (χ0v) is 15.5. The van der Waals surface area contributed by atoms with Crippen LogP contribution < -0.4 is 0 Å². The number of phenolic OH excluding ortho intramolecular Hbond substituents is 1. The molecule has 0 aromatic heterocycles. The van der Waals surface area contributed by atoms with Crippen LogP contribution in [-0.2, 0) is 0 Å². The molecule has 0 radical (unpaired) electrons. The molecule has 0 fully saturated rings. The van der Waals surface area contributed by atoms with Gasteiger partial charge >= 0.3 is 0 Å². The number of nitriles is 1. The Labute approximate surface area is 169 Å². The fraction of sp³-hybridized carbons (Fsp3) is 0. The molecule has 0 spiro atoms. The van der Waals surface area contributed by atoms with E-state index in [4.69, 9.17) is 0 Å². The summed E-state index contributed by atoms with van der Waals surface area (Å²) >= 11 is 0. The number of carbonyl (C=O) groups is 1. The van der Waals surface area contributed by atoms with Crippen LogP contribution in [0.5, 0.6) is 5.75 Å². The zero-order chi connectivity index (χ0) is 20.2. The summed E-state index contributed by atoms with van der Waals surface area (Å²) in [6, 6.07) is 31.5. The van der Waals surface area contributed by atoms with Crippen molar-refractivity contribution in [3.05, 3.63) is 114 Å². The van der Waals surface area contributed by atoms with Crippen LogP contribution in [0.1, 0.15) is 21.5 Å². The molecule has 4 aromatic rings. The number of phenols is 1. The Balaban J connectivity index is 2.05. The number of nitrogens with zero attached hydrogens (tertiary/aromatic N) is 1. The van der Waals surface area contributed by atoms with Crippen LogP contribution >= 0.6 is 0 Å². The molecule has 0 saturated heterocycles. The van der Waals surface area contributed by atoms with Gasteiger partial charge in [0.05, 0.1) is 5.56 Å². The monoisotopic (exact) mass is 375 g/mol. The zero-order valence-electron chi connectivity index (χ0n) is 15.5. The van der Waals surface area contributed by atoms with E-state index >= 15 is 0 Å². The highest BCUT2D eigenvalue weighted by Gasteiger charge is 2.25. The summed E-state index contributed by atoms with van der Waals surface area (Å²) < 4.78 is 0.